The van der Waals surface area contributed by atoms with Crippen molar-refractivity contribution in [3.05, 3.63) is 24.3 Å². The van der Waals surface area contributed by atoms with Gasteiger partial charge in [-0.05, 0) is 18.4 Å². The Bertz CT molecular complexity index is 253. The van der Waals surface area contributed by atoms with Crippen LogP contribution in [0.15, 0.2) is 18.6 Å². The molecule has 0 aliphatic carbocycles. The lowest BCUT2D eigenvalue weighted by atomic mass is 9.97. The fourth-order valence-electron chi connectivity index (χ4n) is 1.27. The van der Waals surface area contributed by atoms with E-state index in [1.165, 1.54) is 6.33 Å². The van der Waals surface area contributed by atoms with E-state index in [0.717, 1.165) is 18.7 Å². The van der Waals surface area contributed by atoms with E-state index >= 15 is 0 Å². The van der Waals surface area contributed by atoms with Crippen LogP contribution in [-0.2, 0) is 4.74 Å². The summed E-state index contributed by atoms with van der Waals surface area (Å²) in [6.45, 7) is 2.84. The first-order valence-corrected chi connectivity index (χ1v) is 4.76. The zero-order chi connectivity index (χ0) is 10.4. The number of aromatic nitrogens is 2. The van der Waals surface area contributed by atoms with Crippen LogP contribution in [0.1, 0.15) is 25.1 Å². The third-order valence-corrected chi connectivity index (χ3v) is 2.34. The first-order valence-electron chi connectivity index (χ1n) is 4.76. The van der Waals surface area contributed by atoms with E-state index in [-0.39, 0.29) is 6.04 Å². The van der Waals surface area contributed by atoms with Crippen LogP contribution in [0.3, 0.4) is 0 Å². The molecule has 0 fully saturated rings. The van der Waals surface area contributed by atoms with Gasteiger partial charge in [0.1, 0.15) is 6.33 Å². The number of hydrogen-bond donors (Lipinski definition) is 1. The van der Waals surface area contributed by atoms with Gasteiger partial charge in [0.05, 0.1) is 5.69 Å². The van der Waals surface area contributed by atoms with E-state index in [9.17, 15) is 0 Å². The summed E-state index contributed by atoms with van der Waals surface area (Å²) in [5.41, 5.74) is 6.93. The SMILES string of the molecule is COCCC(C)C(N)c1ccncn1. The predicted molar refractivity (Wildman–Crippen MR) is 54.6 cm³/mol. The Kier molecular flexibility index (Phi) is 4.49. The molecule has 1 rings (SSSR count). The lowest BCUT2D eigenvalue weighted by Crippen LogP contribution is -2.21. The maximum atomic E-state index is 6.03. The van der Waals surface area contributed by atoms with Gasteiger partial charge in [0.2, 0.25) is 0 Å². The first kappa shape index (κ1) is 11.1. The summed E-state index contributed by atoms with van der Waals surface area (Å²) in [7, 11) is 1.70. The van der Waals surface area contributed by atoms with Crippen LogP contribution >= 0.6 is 0 Å². The van der Waals surface area contributed by atoms with E-state index in [0.29, 0.717) is 5.92 Å². The number of nitrogens with two attached hydrogens (primary N) is 1. The van der Waals surface area contributed by atoms with Gasteiger partial charge in [-0.2, -0.15) is 0 Å². The smallest absolute Gasteiger partial charge is 0.115 e. The van der Waals surface area contributed by atoms with Crippen molar-refractivity contribution in [2.75, 3.05) is 13.7 Å². The second-order valence-corrected chi connectivity index (χ2v) is 3.42. The van der Waals surface area contributed by atoms with Gasteiger partial charge in [0, 0.05) is 26.0 Å². The highest BCUT2D eigenvalue weighted by atomic mass is 16.5. The average molecular weight is 195 g/mol. The van der Waals surface area contributed by atoms with E-state index in [1.807, 2.05) is 6.07 Å². The van der Waals surface area contributed by atoms with Gasteiger partial charge < -0.3 is 10.5 Å². The molecule has 0 spiro atoms. The maximum Gasteiger partial charge on any atom is 0.115 e. The molecular weight excluding hydrogens is 178 g/mol. The van der Waals surface area contributed by atoms with E-state index < -0.39 is 0 Å². The highest BCUT2D eigenvalue weighted by molar-refractivity contribution is 5.04. The quantitative estimate of drug-likeness (QED) is 0.765. The zero-order valence-electron chi connectivity index (χ0n) is 8.68. The predicted octanol–water partition coefficient (Wildman–Crippen LogP) is 1.15. The number of methoxy groups -OCH3 is 1. The third kappa shape index (κ3) is 3.05. The normalized spacial score (nSPS) is 15.1. The van der Waals surface area contributed by atoms with Crippen molar-refractivity contribution in [3.63, 3.8) is 0 Å². The van der Waals surface area contributed by atoms with Crippen molar-refractivity contribution in [1.29, 1.82) is 0 Å². The molecule has 4 heteroatoms. The van der Waals surface area contributed by atoms with Gasteiger partial charge in [0.15, 0.2) is 0 Å². The van der Waals surface area contributed by atoms with E-state index in [2.05, 4.69) is 16.9 Å². The molecule has 1 heterocycles. The molecule has 0 aliphatic heterocycles. The molecule has 1 aromatic rings. The molecule has 0 aliphatic rings. The third-order valence-electron chi connectivity index (χ3n) is 2.34. The van der Waals surface area contributed by atoms with E-state index in [1.54, 1.807) is 13.3 Å². The summed E-state index contributed by atoms with van der Waals surface area (Å²) in [4.78, 5) is 7.99. The molecular formula is C10H17N3O. The minimum absolute atomic E-state index is 0.0341. The standard InChI is InChI=1S/C10H17N3O/c1-8(4-6-14-2)10(11)9-3-5-12-7-13-9/h3,5,7-8,10H,4,6,11H2,1-2H3. The highest BCUT2D eigenvalue weighted by Crippen LogP contribution is 2.19. The van der Waals surface area contributed by atoms with Crippen LogP contribution in [-0.4, -0.2) is 23.7 Å². The van der Waals surface area contributed by atoms with E-state index in [4.69, 9.17) is 10.5 Å². The van der Waals surface area contributed by atoms with Crippen molar-refractivity contribution in [2.45, 2.75) is 19.4 Å². The molecule has 0 amide bonds. The van der Waals surface area contributed by atoms with Crippen molar-refractivity contribution >= 4 is 0 Å². The Hall–Kier alpha value is -1.00. The lowest BCUT2D eigenvalue weighted by molar-refractivity contribution is 0.174. The second-order valence-electron chi connectivity index (χ2n) is 3.42. The van der Waals surface area contributed by atoms with Crippen molar-refractivity contribution in [2.24, 2.45) is 11.7 Å². The summed E-state index contributed by atoms with van der Waals surface area (Å²) in [5.74, 6) is 0.366. The van der Waals surface area contributed by atoms with Crippen molar-refractivity contribution < 1.29 is 4.74 Å². The van der Waals surface area contributed by atoms with Gasteiger partial charge in [-0.25, -0.2) is 9.97 Å². The Morgan fingerprint density at radius 2 is 2.36 bits per heavy atom. The topological polar surface area (TPSA) is 61.0 Å². The van der Waals surface area contributed by atoms with Gasteiger partial charge in [-0.3, -0.25) is 0 Å². The minimum Gasteiger partial charge on any atom is -0.385 e. The molecule has 78 valence electrons. The molecule has 0 aromatic carbocycles. The van der Waals surface area contributed by atoms with Crippen molar-refractivity contribution in [1.82, 2.24) is 9.97 Å². The summed E-state index contributed by atoms with van der Waals surface area (Å²) < 4.78 is 5.01. The maximum absolute atomic E-state index is 6.03. The number of ether oxygens (including phenoxy) is 1. The summed E-state index contributed by atoms with van der Waals surface area (Å²) >= 11 is 0. The molecule has 1 aromatic heterocycles. The summed E-state index contributed by atoms with van der Waals surface area (Å²) in [6, 6.07) is 1.82. The fourth-order valence-corrected chi connectivity index (χ4v) is 1.27. The molecule has 2 atom stereocenters. The minimum atomic E-state index is -0.0341. The largest absolute Gasteiger partial charge is 0.385 e. The molecule has 14 heavy (non-hydrogen) atoms. The van der Waals surface area contributed by atoms with Gasteiger partial charge in [-0.1, -0.05) is 6.92 Å². The molecule has 4 nitrogen and oxygen atoms in total. The van der Waals surface area contributed by atoms with Gasteiger partial charge >= 0.3 is 0 Å². The first-order chi connectivity index (χ1) is 6.75. The zero-order valence-corrected chi connectivity index (χ0v) is 8.68. The van der Waals surface area contributed by atoms with Gasteiger partial charge in [0.25, 0.3) is 0 Å². The van der Waals surface area contributed by atoms with Crippen LogP contribution in [0, 0.1) is 5.92 Å². The highest BCUT2D eigenvalue weighted by Gasteiger charge is 2.15. The molecule has 2 N–H and O–H groups in total. The van der Waals surface area contributed by atoms with Crippen LogP contribution in [0.5, 0.6) is 0 Å². The number of hydrogen-bond acceptors (Lipinski definition) is 4. The fraction of sp³-hybridized carbons (Fsp3) is 0.600. The molecule has 0 bridgehead atoms. The monoisotopic (exact) mass is 195 g/mol. The van der Waals surface area contributed by atoms with Crippen LogP contribution < -0.4 is 5.73 Å². The van der Waals surface area contributed by atoms with Crippen molar-refractivity contribution in [3.8, 4) is 0 Å². The molecule has 2 unspecified atom stereocenters. The number of rotatable bonds is 5. The average Bonchev–Trinajstić information content (AvgIpc) is 2.26. The molecule has 0 radical (unpaired) electrons. The van der Waals surface area contributed by atoms with Crippen LogP contribution in [0.4, 0.5) is 0 Å². The Morgan fingerprint density at radius 3 is 2.93 bits per heavy atom. The van der Waals surface area contributed by atoms with Gasteiger partial charge in [-0.15, -0.1) is 0 Å². The Morgan fingerprint density at radius 1 is 1.57 bits per heavy atom. The molecule has 0 saturated heterocycles. The molecule has 0 saturated carbocycles. The lowest BCUT2D eigenvalue weighted by Gasteiger charge is -2.18. The summed E-state index contributed by atoms with van der Waals surface area (Å²) in [6.07, 6.45) is 4.19. The second kappa shape index (κ2) is 5.67. The summed E-state index contributed by atoms with van der Waals surface area (Å²) in [5, 5.41) is 0. The Balaban J connectivity index is 2.52. The number of nitrogens with zero attached hydrogens (tertiary/aromatic N) is 2. The van der Waals surface area contributed by atoms with Crippen LogP contribution in [0.25, 0.3) is 0 Å². The Labute approximate surface area is 84.5 Å². The van der Waals surface area contributed by atoms with Crippen LogP contribution in [0.2, 0.25) is 0 Å².